The quantitative estimate of drug-likeness (QED) is 0.445. The minimum Gasteiger partial charge on any atom is -0.456 e. The van der Waals surface area contributed by atoms with Gasteiger partial charge >= 0.3 is 0 Å². The molecule has 134 valence electrons. The fourth-order valence-electron chi connectivity index (χ4n) is 2.63. The summed E-state index contributed by atoms with van der Waals surface area (Å²) in [5.74, 6) is 0.326. The van der Waals surface area contributed by atoms with Crippen LogP contribution in [0.15, 0.2) is 33.6 Å². The lowest BCUT2D eigenvalue weighted by atomic mass is 10.0. The van der Waals surface area contributed by atoms with E-state index in [4.69, 9.17) is 4.42 Å². The van der Waals surface area contributed by atoms with Crippen LogP contribution in [-0.4, -0.2) is 27.5 Å². The first-order chi connectivity index (χ1) is 12.3. The summed E-state index contributed by atoms with van der Waals surface area (Å²) in [6, 6.07) is 6.46. The zero-order valence-electron chi connectivity index (χ0n) is 14.4. The summed E-state index contributed by atoms with van der Waals surface area (Å²) in [6.45, 7) is 5.71. The summed E-state index contributed by atoms with van der Waals surface area (Å²) < 4.78 is 5.69. The summed E-state index contributed by atoms with van der Waals surface area (Å²) in [7, 11) is 0. The molecule has 0 bridgehead atoms. The number of carbonyl (C=O) groups is 2. The van der Waals surface area contributed by atoms with E-state index < -0.39 is 4.92 Å². The van der Waals surface area contributed by atoms with Crippen molar-refractivity contribution in [1.82, 2.24) is 4.90 Å². The van der Waals surface area contributed by atoms with Crippen LogP contribution < -0.4 is 0 Å². The molecule has 0 saturated carbocycles. The van der Waals surface area contributed by atoms with Gasteiger partial charge in [0.15, 0.2) is 0 Å². The number of nitrogens with zero attached hydrogens (tertiary/aromatic N) is 2. The molecule has 3 rings (SSSR count). The molecular formula is C18H16N2O5S. The standard InChI is InChI=1S/C18H16N2O5S/c1-4-19-17(21)16(26-18(19)22)9-12-5-6-15(25-12)13-7-10(2)11(3)8-14(13)20(23)24/h5-9H,4H2,1-3H3/b16-9-. The Morgan fingerprint density at radius 1 is 1.23 bits per heavy atom. The topological polar surface area (TPSA) is 93.7 Å². The lowest BCUT2D eigenvalue weighted by Gasteiger charge is -2.06. The van der Waals surface area contributed by atoms with Gasteiger partial charge in [-0.3, -0.25) is 24.6 Å². The Morgan fingerprint density at radius 2 is 1.92 bits per heavy atom. The first-order valence-electron chi connectivity index (χ1n) is 7.93. The van der Waals surface area contributed by atoms with Crippen LogP contribution in [-0.2, 0) is 4.79 Å². The highest BCUT2D eigenvalue weighted by molar-refractivity contribution is 8.18. The molecule has 0 spiro atoms. The lowest BCUT2D eigenvalue weighted by Crippen LogP contribution is -2.27. The van der Waals surface area contributed by atoms with Gasteiger partial charge in [0.25, 0.3) is 16.8 Å². The van der Waals surface area contributed by atoms with Crippen molar-refractivity contribution in [2.45, 2.75) is 20.8 Å². The largest absolute Gasteiger partial charge is 0.456 e. The molecule has 0 atom stereocenters. The van der Waals surface area contributed by atoms with E-state index >= 15 is 0 Å². The van der Waals surface area contributed by atoms with E-state index in [9.17, 15) is 19.7 Å². The van der Waals surface area contributed by atoms with E-state index in [1.165, 1.54) is 12.1 Å². The van der Waals surface area contributed by atoms with Crippen LogP contribution in [0.3, 0.4) is 0 Å². The second kappa shape index (κ2) is 6.80. The molecule has 0 aliphatic carbocycles. The SMILES string of the molecule is CCN1C(=O)S/C(=C\c2ccc(-c3cc(C)c(C)cc3[N+](=O)[O-])o2)C1=O. The molecule has 2 amide bonds. The van der Waals surface area contributed by atoms with Gasteiger partial charge in [0.05, 0.1) is 15.4 Å². The van der Waals surface area contributed by atoms with Crippen LogP contribution in [0.5, 0.6) is 0 Å². The molecule has 1 aliphatic rings. The van der Waals surface area contributed by atoms with Gasteiger partial charge in [0.2, 0.25) is 0 Å². The second-order valence-corrected chi connectivity index (χ2v) is 6.83. The van der Waals surface area contributed by atoms with E-state index in [-0.39, 0.29) is 21.7 Å². The Morgan fingerprint density at radius 3 is 2.54 bits per heavy atom. The number of benzene rings is 1. The van der Waals surface area contributed by atoms with Gasteiger partial charge in [-0.15, -0.1) is 0 Å². The van der Waals surface area contributed by atoms with Crippen molar-refractivity contribution in [2.24, 2.45) is 0 Å². The van der Waals surface area contributed by atoms with Gasteiger partial charge in [0.1, 0.15) is 11.5 Å². The van der Waals surface area contributed by atoms with Crippen molar-refractivity contribution in [3.63, 3.8) is 0 Å². The first kappa shape index (κ1) is 17.9. The Labute approximate surface area is 153 Å². The van der Waals surface area contributed by atoms with Crippen molar-refractivity contribution >= 4 is 34.7 Å². The number of hydrogen-bond donors (Lipinski definition) is 0. The number of imide groups is 1. The molecule has 0 unspecified atom stereocenters. The van der Waals surface area contributed by atoms with Gasteiger partial charge in [-0.2, -0.15) is 0 Å². The van der Waals surface area contributed by atoms with Crippen LogP contribution in [0.4, 0.5) is 10.5 Å². The smallest absolute Gasteiger partial charge is 0.293 e. The number of carbonyl (C=O) groups excluding carboxylic acids is 2. The molecule has 8 heteroatoms. The van der Waals surface area contributed by atoms with E-state index in [1.54, 1.807) is 25.1 Å². The number of nitro groups is 1. The van der Waals surface area contributed by atoms with E-state index in [0.717, 1.165) is 27.8 Å². The highest BCUT2D eigenvalue weighted by Gasteiger charge is 2.34. The van der Waals surface area contributed by atoms with E-state index in [0.29, 0.717) is 23.6 Å². The third-order valence-corrected chi connectivity index (χ3v) is 5.07. The summed E-state index contributed by atoms with van der Waals surface area (Å²) in [6.07, 6.45) is 1.48. The molecule has 26 heavy (non-hydrogen) atoms. The molecule has 2 aromatic rings. The van der Waals surface area contributed by atoms with Crippen LogP contribution in [0.25, 0.3) is 17.4 Å². The van der Waals surface area contributed by atoms with Gasteiger partial charge in [-0.25, -0.2) is 0 Å². The molecule has 1 aromatic heterocycles. The molecular weight excluding hydrogens is 356 g/mol. The lowest BCUT2D eigenvalue weighted by molar-refractivity contribution is -0.384. The fraction of sp³-hybridized carbons (Fsp3) is 0.222. The van der Waals surface area contributed by atoms with E-state index in [2.05, 4.69) is 0 Å². The summed E-state index contributed by atoms with van der Waals surface area (Å²) in [5, 5.41) is 11.0. The summed E-state index contributed by atoms with van der Waals surface area (Å²) in [4.78, 5) is 36.2. The van der Waals surface area contributed by atoms with Crippen LogP contribution in [0, 0.1) is 24.0 Å². The maximum absolute atomic E-state index is 12.1. The van der Waals surface area contributed by atoms with Crippen molar-refractivity contribution in [3.05, 3.63) is 56.2 Å². The minimum absolute atomic E-state index is 0.0414. The third-order valence-electron chi connectivity index (χ3n) is 4.16. The Kier molecular flexibility index (Phi) is 4.69. The first-order valence-corrected chi connectivity index (χ1v) is 8.74. The van der Waals surface area contributed by atoms with Gasteiger partial charge in [-0.1, -0.05) is 0 Å². The Hall–Kier alpha value is -2.87. The number of thioether (sulfide) groups is 1. The molecule has 0 radical (unpaired) electrons. The number of furan rings is 1. The number of rotatable bonds is 4. The van der Waals surface area contributed by atoms with Gasteiger partial charge in [0, 0.05) is 18.7 Å². The summed E-state index contributed by atoms with van der Waals surface area (Å²) in [5.41, 5.74) is 2.06. The number of aryl methyl sites for hydroxylation is 2. The summed E-state index contributed by atoms with van der Waals surface area (Å²) >= 11 is 0.849. The highest BCUT2D eigenvalue weighted by atomic mass is 32.2. The predicted molar refractivity (Wildman–Crippen MR) is 98.6 cm³/mol. The predicted octanol–water partition coefficient (Wildman–Crippen LogP) is 4.53. The molecule has 7 nitrogen and oxygen atoms in total. The molecule has 2 heterocycles. The van der Waals surface area contributed by atoms with Crippen molar-refractivity contribution in [1.29, 1.82) is 0 Å². The fourth-order valence-corrected chi connectivity index (χ4v) is 3.51. The zero-order valence-corrected chi connectivity index (χ0v) is 15.3. The van der Waals surface area contributed by atoms with E-state index in [1.807, 2.05) is 13.8 Å². The molecule has 1 saturated heterocycles. The number of hydrogen-bond acceptors (Lipinski definition) is 6. The van der Waals surface area contributed by atoms with Gasteiger partial charge in [-0.05, 0) is 61.9 Å². The molecule has 1 fully saturated rings. The van der Waals surface area contributed by atoms with Gasteiger partial charge < -0.3 is 4.42 Å². The number of likely N-dealkylation sites (N-methyl/N-ethyl adjacent to an activating group) is 1. The van der Waals surface area contributed by atoms with Crippen LogP contribution in [0.1, 0.15) is 23.8 Å². The number of amides is 2. The Balaban J connectivity index is 1.98. The van der Waals surface area contributed by atoms with Crippen molar-refractivity contribution in [2.75, 3.05) is 6.54 Å². The highest BCUT2D eigenvalue weighted by Crippen LogP contribution is 2.36. The zero-order chi connectivity index (χ0) is 19.0. The Bertz CT molecular complexity index is 960. The average Bonchev–Trinajstić information content (AvgIpc) is 3.14. The monoisotopic (exact) mass is 372 g/mol. The van der Waals surface area contributed by atoms with Crippen LogP contribution >= 0.6 is 11.8 Å². The molecule has 0 N–H and O–H groups in total. The second-order valence-electron chi connectivity index (χ2n) is 5.84. The third kappa shape index (κ3) is 3.15. The minimum atomic E-state index is -0.448. The van der Waals surface area contributed by atoms with Crippen LogP contribution in [0.2, 0.25) is 0 Å². The maximum atomic E-state index is 12.1. The molecule has 1 aromatic carbocycles. The maximum Gasteiger partial charge on any atom is 0.293 e. The van der Waals surface area contributed by atoms with Crippen molar-refractivity contribution < 1.29 is 18.9 Å². The normalized spacial score (nSPS) is 16.0. The van der Waals surface area contributed by atoms with Crippen molar-refractivity contribution in [3.8, 4) is 11.3 Å². The number of nitro benzene ring substituents is 1. The average molecular weight is 372 g/mol. The molecule has 1 aliphatic heterocycles.